The average molecular weight is 197 g/mol. The second kappa shape index (κ2) is 4.26. The zero-order valence-electron chi connectivity index (χ0n) is 8.27. The number of nitrogen functional groups attached to an aromatic ring is 2. The highest BCUT2D eigenvalue weighted by Gasteiger charge is 2.17. The molecule has 1 aromatic heterocycles. The largest absolute Gasteiger partial charge is 0.394 e. The molecule has 0 aliphatic rings. The number of hydrogen-bond donors (Lipinski definition) is 4. The molecule has 0 radical (unpaired) electrons. The lowest BCUT2D eigenvalue weighted by Gasteiger charge is -2.13. The lowest BCUT2D eigenvalue weighted by Crippen LogP contribution is -2.29. The highest BCUT2D eigenvalue weighted by atomic mass is 16.3. The summed E-state index contributed by atoms with van der Waals surface area (Å²) >= 11 is 0. The minimum atomic E-state index is -0.679. The predicted octanol–water partition coefficient (Wildman–Crippen LogP) is -0.942. The van der Waals surface area contributed by atoms with E-state index < -0.39 is 6.10 Å². The van der Waals surface area contributed by atoms with Crippen LogP contribution in [0.2, 0.25) is 0 Å². The highest BCUT2D eigenvalue weighted by molar-refractivity contribution is 5.58. The first-order valence-corrected chi connectivity index (χ1v) is 4.48. The fourth-order valence-electron chi connectivity index (χ4n) is 1.47. The maximum Gasteiger partial charge on any atom is 0.192 e. The van der Waals surface area contributed by atoms with Crippen LogP contribution >= 0.6 is 0 Å². The highest BCUT2D eigenvalue weighted by Crippen LogP contribution is 2.26. The number of pyridine rings is 1. The van der Waals surface area contributed by atoms with Crippen molar-refractivity contribution in [1.29, 1.82) is 0 Å². The molecule has 0 spiro atoms. The Kier molecular flexibility index (Phi) is 3.27. The van der Waals surface area contributed by atoms with Crippen molar-refractivity contribution in [2.24, 2.45) is 12.8 Å². The van der Waals surface area contributed by atoms with E-state index in [1.165, 1.54) is 0 Å². The average Bonchev–Trinajstić information content (AvgIpc) is 2.01. The van der Waals surface area contributed by atoms with Crippen LogP contribution < -0.4 is 21.8 Å². The Hall–Kier alpha value is -1.33. The van der Waals surface area contributed by atoms with Gasteiger partial charge < -0.3 is 22.3 Å². The predicted molar refractivity (Wildman–Crippen MR) is 55.1 cm³/mol. The molecule has 1 heterocycles. The minimum Gasteiger partial charge on any atom is -0.394 e. The Balaban J connectivity index is 3.07. The first-order valence-electron chi connectivity index (χ1n) is 4.48. The number of nitrogens with zero attached hydrogens (tertiary/aromatic N) is 1. The SMILES string of the molecule is C[n+]1cc(N)c(C(O)CCN)c(N)c1. The summed E-state index contributed by atoms with van der Waals surface area (Å²) in [5.74, 6) is 0. The van der Waals surface area contributed by atoms with E-state index in [9.17, 15) is 5.11 Å². The fraction of sp³-hybridized carbons (Fsp3) is 0.444. The molecule has 1 rings (SSSR count). The van der Waals surface area contributed by atoms with Crippen molar-refractivity contribution in [2.45, 2.75) is 12.5 Å². The van der Waals surface area contributed by atoms with Crippen LogP contribution in [0.25, 0.3) is 0 Å². The van der Waals surface area contributed by atoms with Gasteiger partial charge in [-0.2, -0.15) is 0 Å². The van der Waals surface area contributed by atoms with E-state index in [1.807, 2.05) is 7.05 Å². The number of aliphatic hydroxyl groups excluding tert-OH is 1. The molecule has 1 atom stereocenters. The molecule has 0 bridgehead atoms. The maximum absolute atomic E-state index is 9.72. The normalized spacial score (nSPS) is 12.8. The van der Waals surface area contributed by atoms with Crippen molar-refractivity contribution in [2.75, 3.05) is 18.0 Å². The van der Waals surface area contributed by atoms with Crippen LogP contribution in [0.3, 0.4) is 0 Å². The Bertz CT molecular complexity index is 304. The quantitative estimate of drug-likeness (QED) is 0.469. The number of aryl methyl sites for hydroxylation is 1. The van der Waals surface area contributed by atoms with Crippen LogP contribution in [0.15, 0.2) is 12.4 Å². The van der Waals surface area contributed by atoms with Crippen LogP contribution in [0.5, 0.6) is 0 Å². The first kappa shape index (κ1) is 10.7. The monoisotopic (exact) mass is 197 g/mol. The van der Waals surface area contributed by atoms with Gasteiger partial charge in [0, 0.05) is 5.56 Å². The van der Waals surface area contributed by atoms with E-state index in [0.29, 0.717) is 29.9 Å². The fourth-order valence-corrected chi connectivity index (χ4v) is 1.47. The van der Waals surface area contributed by atoms with E-state index >= 15 is 0 Å². The van der Waals surface area contributed by atoms with Gasteiger partial charge >= 0.3 is 0 Å². The van der Waals surface area contributed by atoms with Gasteiger partial charge in [0.15, 0.2) is 12.4 Å². The zero-order valence-corrected chi connectivity index (χ0v) is 8.27. The molecule has 0 fully saturated rings. The molecule has 78 valence electrons. The van der Waals surface area contributed by atoms with Gasteiger partial charge in [0.1, 0.15) is 18.4 Å². The number of aromatic nitrogens is 1. The van der Waals surface area contributed by atoms with Crippen molar-refractivity contribution >= 4 is 11.4 Å². The molecule has 5 nitrogen and oxygen atoms in total. The summed E-state index contributed by atoms with van der Waals surface area (Å²) < 4.78 is 1.75. The molecule has 5 heteroatoms. The number of nitrogens with two attached hydrogens (primary N) is 3. The number of hydrogen-bond acceptors (Lipinski definition) is 4. The molecular formula is C9H17N4O+. The van der Waals surface area contributed by atoms with E-state index in [4.69, 9.17) is 17.2 Å². The molecule has 0 saturated carbocycles. The summed E-state index contributed by atoms with van der Waals surface area (Å²) in [6.45, 7) is 0.404. The van der Waals surface area contributed by atoms with E-state index in [-0.39, 0.29) is 0 Å². The summed E-state index contributed by atoms with van der Waals surface area (Å²) in [7, 11) is 1.83. The summed E-state index contributed by atoms with van der Waals surface area (Å²) in [6, 6.07) is 0. The third kappa shape index (κ3) is 2.12. The lowest BCUT2D eigenvalue weighted by atomic mass is 10.0. The topological polar surface area (TPSA) is 102 Å². The van der Waals surface area contributed by atoms with Gasteiger partial charge in [-0.05, 0) is 13.0 Å². The zero-order chi connectivity index (χ0) is 10.7. The first-order chi connectivity index (χ1) is 6.56. The van der Waals surface area contributed by atoms with Gasteiger partial charge in [-0.3, -0.25) is 0 Å². The molecule has 0 aliphatic carbocycles. The molecule has 0 aromatic carbocycles. The van der Waals surface area contributed by atoms with Crippen molar-refractivity contribution in [3.8, 4) is 0 Å². The molecule has 1 aromatic rings. The summed E-state index contributed by atoms with van der Waals surface area (Å²) in [4.78, 5) is 0. The lowest BCUT2D eigenvalue weighted by molar-refractivity contribution is -0.670. The Labute approximate surface area is 83.1 Å². The third-order valence-electron chi connectivity index (χ3n) is 2.08. The van der Waals surface area contributed by atoms with Crippen LogP contribution in [-0.2, 0) is 7.05 Å². The van der Waals surface area contributed by atoms with Gasteiger partial charge in [0.2, 0.25) is 0 Å². The molecule has 14 heavy (non-hydrogen) atoms. The molecule has 7 N–H and O–H groups in total. The summed E-state index contributed by atoms with van der Waals surface area (Å²) in [6.07, 6.45) is 3.21. The van der Waals surface area contributed by atoms with Gasteiger partial charge in [-0.15, -0.1) is 0 Å². The number of aliphatic hydroxyl groups is 1. The molecule has 0 saturated heterocycles. The molecular weight excluding hydrogens is 180 g/mol. The Morgan fingerprint density at radius 1 is 1.36 bits per heavy atom. The summed E-state index contributed by atoms with van der Waals surface area (Å²) in [5, 5.41) is 9.72. The van der Waals surface area contributed by atoms with Crippen molar-refractivity contribution in [3.05, 3.63) is 18.0 Å². The Morgan fingerprint density at radius 3 is 2.29 bits per heavy atom. The van der Waals surface area contributed by atoms with E-state index in [2.05, 4.69) is 0 Å². The second-order valence-corrected chi connectivity index (χ2v) is 3.34. The van der Waals surface area contributed by atoms with Gasteiger partial charge in [0.25, 0.3) is 0 Å². The van der Waals surface area contributed by atoms with Crippen LogP contribution in [0.4, 0.5) is 11.4 Å². The maximum atomic E-state index is 9.72. The molecule has 0 aliphatic heterocycles. The minimum absolute atomic E-state index is 0.404. The Morgan fingerprint density at radius 2 is 1.86 bits per heavy atom. The van der Waals surface area contributed by atoms with Crippen molar-refractivity contribution in [3.63, 3.8) is 0 Å². The standard InChI is InChI=1S/C9H17N4O/c1-13-4-6(11)9(7(12)5-13)8(14)2-3-10/h4-5,8,14H,2-3,10-12H2,1H3/q+1. The van der Waals surface area contributed by atoms with Crippen molar-refractivity contribution in [1.82, 2.24) is 0 Å². The molecule has 1 unspecified atom stereocenters. The number of rotatable bonds is 3. The summed E-state index contributed by atoms with van der Waals surface area (Å²) in [5.41, 5.74) is 18.4. The van der Waals surface area contributed by atoms with Crippen molar-refractivity contribution < 1.29 is 9.67 Å². The molecule has 0 amide bonds. The van der Waals surface area contributed by atoms with E-state index in [0.717, 1.165) is 0 Å². The van der Waals surface area contributed by atoms with Gasteiger partial charge in [0.05, 0.1) is 6.10 Å². The van der Waals surface area contributed by atoms with E-state index in [1.54, 1.807) is 17.0 Å². The van der Waals surface area contributed by atoms with Crippen LogP contribution in [0, 0.1) is 0 Å². The van der Waals surface area contributed by atoms with Gasteiger partial charge in [-0.1, -0.05) is 0 Å². The smallest absolute Gasteiger partial charge is 0.192 e. The number of anilines is 2. The van der Waals surface area contributed by atoms with Crippen LogP contribution in [0.1, 0.15) is 18.1 Å². The second-order valence-electron chi connectivity index (χ2n) is 3.34. The third-order valence-corrected chi connectivity index (χ3v) is 2.08. The van der Waals surface area contributed by atoms with Crippen LogP contribution in [-0.4, -0.2) is 11.7 Å². The van der Waals surface area contributed by atoms with Gasteiger partial charge in [-0.25, -0.2) is 4.57 Å².